The van der Waals surface area contributed by atoms with Gasteiger partial charge in [-0.15, -0.1) is 13.2 Å². The van der Waals surface area contributed by atoms with Gasteiger partial charge in [-0.2, -0.15) is 0 Å². The SMILES string of the molecule is Cc1ccc(C(=O)NCCc2ccc(OC(F)(F)F)cc2)c(=O)[nH]1. The highest BCUT2D eigenvalue weighted by Gasteiger charge is 2.30. The second-order valence-corrected chi connectivity index (χ2v) is 5.08. The van der Waals surface area contributed by atoms with E-state index in [0.717, 1.165) is 5.56 Å². The van der Waals surface area contributed by atoms with Crippen molar-refractivity contribution in [3.05, 3.63) is 63.6 Å². The van der Waals surface area contributed by atoms with E-state index in [4.69, 9.17) is 0 Å². The van der Waals surface area contributed by atoms with Gasteiger partial charge in [0.25, 0.3) is 11.5 Å². The van der Waals surface area contributed by atoms with Crippen LogP contribution >= 0.6 is 0 Å². The van der Waals surface area contributed by atoms with Crippen LogP contribution in [0.2, 0.25) is 0 Å². The normalized spacial score (nSPS) is 11.2. The largest absolute Gasteiger partial charge is 0.573 e. The van der Waals surface area contributed by atoms with Gasteiger partial charge in [0.1, 0.15) is 11.3 Å². The Labute approximate surface area is 135 Å². The molecule has 2 aromatic rings. The summed E-state index contributed by atoms with van der Waals surface area (Å²) < 4.78 is 39.9. The number of halogens is 3. The number of aromatic nitrogens is 1. The zero-order valence-corrected chi connectivity index (χ0v) is 12.7. The molecule has 0 bridgehead atoms. The Bertz CT molecular complexity index is 767. The van der Waals surface area contributed by atoms with Gasteiger partial charge in [0, 0.05) is 12.2 Å². The van der Waals surface area contributed by atoms with Crippen molar-refractivity contribution in [2.24, 2.45) is 0 Å². The van der Waals surface area contributed by atoms with Crippen molar-refractivity contribution in [1.29, 1.82) is 0 Å². The van der Waals surface area contributed by atoms with E-state index in [2.05, 4.69) is 15.0 Å². The lowest BCUT2D eigenvalue weighted by atomic mass is 10.1. The number of carbonyl (C=O) groups excluding carboxylic acids is 1. The van der Waals surface area contributed by atoms with E-state index >= 15 is 0 Å². The van der Waals surface area contributed by atoms with E-state index in [1.807, 2.05) is 0 Å². The molecule has 24 heavy (non-hydrogen) atoms. The number of alkyl halides is 3. The molecule has 0 saturated carbocycles. The van der Waals surface area contributed by atoms with E-state index in [1.54, 1.807) is 13.0 Å². The van der Waals surface area contributed by atoms with Crippen LogP contribution in [0.1, 0.15) is 21.6 Å². The summed E-state index contributed by atoms with van der Waals surface area (Å²) in [5.41, 5.74) is 0.913. The molecule has 5 nitrogen and oxygen atoms in total. The second kappa shape index (κ2) is 7.20. The molecule has 0 spiro atoms. The van der Waals surface area contributed by atoms with Crippen molar-refractivity contribution in [3.8, 4) is 5.75 Å². The molecule has 0 aliphatic carbocycles. The average Bonchev–Trinajstić information content (AvgIpc) is 2.47. The van der Waals surface area contributed by atoms with E-state index < -0.39 is 17.8 Å². The van der Waals surface area contributed by atoms with Crippen LogP contribution in [-0.4, -0.2) is 23.8 Å². The number of aromatic amines is 1. The Morgan fingerprint density at radius 2 is 1.83 bits per heavy atom. The number of hydrogen-bond donors (Lipinski definition) is 2. The third-order valence-corrected chi connectivity index (χ3v) is 3.16. The Balaban J connectivity index is 1.87. The highest BCUT2D eigenvalue weighted by atomic mass is 19.4. The minimum Gasteiger partial charge on any atom is -0.406 e. The van der Waals surface area contributed by atoms with E-state index in [-0.39, 0.29) is 17.9 Å². The summed E-state index contributed by atoms with van der Waals surface area (Å²) in [5, 5.41) is 2.59. The van der Waals surface area contributed by atoms with Gasteiger partial charge < -0.3 is 15.0 Å². The first-order chi connectivity index (χ1) is 11.2. The van der Waals surface area contributed by atoms with Crippen LogP contribution in [-0.2, 0) is 6.42 Å². The number of carbonyl (C=O) groups is 1. The summed E-state index contributed by atoms with van der Waals surface area (Å²) in [5.74, 6) is -0.810. The van der Waals surface area contributed by atoms with Crippen LogP contribution in [0.4, 0.5) is 13.2 Å². The number of hydrogen-bond acceptors (Lipinski definition) is 3. The Hall–Kier alpha value is -2.77. The minimum atomic E-state index is -4.73. The van der Waals surface area contributed by atoms with E-state index in [0.29, 0.717) is 12.1 Å². The minimum absolute atomic E-state index is 0.00882. The topological polar surface area (TPSA) is 71.2 Å². The first-order valence-electron chi connectivity index (χ1n) is 7.07. The van der Waals surface area contributed by atoms with Crippen molar-refractivity contribution in [3.63, 3.8) is 0 Å². The number of amides is 1. The van der Waals surface area contributed by atoms with Gasteiger partial charge in [-0.3, -0.25) is 9.59 Å². The molecule has 0 radical (unpaired) electrons. The third kappa shape index (κ3) is 5.15. The number of aryl methyl sites for hydroxylation is 1. The maximum Gasteiger partial charge on any atom is 0.573 e. The molecule has 0 saturated heterocycles. The van der Waals surface area contributed by atoms with Gasteiger partial charge in [-0.1, -0.05) is 12.1 Å². The molecule has 0 unspecified atom stereocenters. The highest BCUT2D eigenvalue weighted by molar-refractivity contribution is 5.93. The number of H-pyrrole nitrogens is 1. The molecule has 128 valence electrons. The van der Waals surface area contributed by atoms with Gasteiger partial charge in [-0.25, -0.2) is 0 Å². The molecular weight excluding hydrogens is 325 g/mol. The van der Waals surface area contributed by atoms with Crippen molar-refractivity contribution in [1.82, 2.24) is 10.3 Å². The molecule has 1 aromatic heterocycles. The van der Waals surface area contributed by atoms with Gasteiger partial charge >= 0.3 is 6.36 Å². The highest BCUT2D eigenvalue weighted by Crippen LogP contribution is 2.22. The molecule has 0 atom stereocenters. The van der Waals surface area contributed by atoms with Crippen molar-refractivity contribution in [2.75, 3.05) is 6.54 Å². The lowest BCUT2D eigenvalue weighted by Gasteiger charge is -2.09. The fraction of sp³-hybridized carbons (Fsp3) is 0.250. The molecular formula is C16H15F3N2O3. The molecule has 1 heterocycles. The molecule has 0 aliphatic heterocycles. The number of ether oxygens (including phenoxy) is 1. The Morgan fingerprint density at radius 1 is 1.17 bits per heavy atom. The smallest absolute Gasteiger partial charge is 0.406 e. The van der Waals surface area contributed by atoms with Crippen LogP contribution in [0.3, 0.4) is 0 Å². The first kappa shape index (κ1) is 17.6. The fourth-order valence-corrected chi connectivity index (χ4v) is 2.02. The molecule has 0 fully saturated rings. The second-order valence-electron chi connectivity index (χ2n) is 5.08. The van der Waals surface area contributed by atoms with Crippen LogP contribution in [0, 0.1) is 6.92 Å². The summed E-state index contributed by atoms with van der Waals surface area (Å²) in [7, 11) is 0. The van der Waals surface area contributed by atoms with E-state index in [1.165, 1.54) is 30.3 Å². The zero-order chi connectivity index (χ0) is 17.7. The first-order valence-corrected chi connectivity index (χ1v) is 7.07. The van der Waals surface area contributed by atoms with Crippen LogP contribution in [0.15, 0.2) is 41.2 Å². The third-order valence-electron chi connectivity index (χ3n) is 3.16. The number of benzene rings is 1. The molecule has 8 heteroatoms. The fourth-order valence-electron chi connectivity index (χ4n) is 2.02. The lowest BCUT2D eigenvalue weighted by molar-refractivity contribution is -0.274. The van der Waals surface area contributed by atoms with Crippen molar-refractivity contribution < 1.29 is 22.7 Å². The van der Waals surface area contributed by atoms with Crippen LogP contribution < -0.4 is 15.6 Å². The van der Waals surface area contributed by atoms with Crippen molar-refractivity contribution >= 4 is 5.91 Å². The summed E-state index contributed by atoms with van der Waals surface area (Å²) in [6.45, 7) is 1.95. The van der Waals surface area contributed by atoms with Crippen LogP contribution in [0.5, 0.6) is 5.75 Å². The molecule has 1 amide bonds. The maximum absolute atomic E-state index is 12.1. The maximum atomic E-state index is 12.1. The lowest BCUT2D eigenvalue weighted by Crippen LogP contribution is -2.31. The Kier molecular flexibility index (Phi) is 5.28. The average molecular weight is 340 g/mol. The summed E-state index contributed by atoms with van der Waals surface area (Å²) in [6, 6.07) is 8.42. The number of rotatable bonds is 5. The van der Waals surface area contributed by atoms with Crippen molar-refractivity contribution in [2.45, 2.75) is 19.7 Å². The predicted octanol–water partition coefficient (Wildman–Crippen LogP) is 2.55. The number of nitrogens with one attached hydrogen (secondary N) is 2. The standard InChI is InChI=1S/C16H15F3N2O3/c1-10-2-7-13(15(23)21-10)14(22)20-9-8-11-3-5-12(6-4-11)24-16(17,18)19/h2-7H,8-9H2,1H3,(H,20,22)(H,21,23). The monoisotopic (exact) mass is 340 g/mol. The van der Waals surface area contributed by atoms with Gasteiger partial charge in [0.2, 0.25) is 0 Å². The van der Waals surface area contributed by atoms with Gasteiger partial charge in [-0.05, 0) is 43.2 Å². The summed E-state index contributed by atoms with van der Waals surface area (Å²) in [4.78, 5) is 26.1. The molecule has 2 rings (SSSR count). The number of pyridine rings is 1. The van der Waals surface area contributed by atoms with Gasteiger partial charge in [0.15, 0.2) is 0 Å². The Morgan fingerprint density at radius 3 is 2.42 bits per heavy atom. The molecule has 1 aromatic carbocycles. The van der Waals surface area contributed by atoms with Gasteiger partial charge in [0.05, 0.1) is 0 Å². The van der Waals surface area contributed by atoms with Crippen LogP contribution in [0.25, 0.3) is 0 Å². The summed E-state index contributed by atoms with van der Waals surface area (Å²) in [6.07, 6.45) is -4.32. The summed E-state index contributed by atoms with van der Waals surface area (Å²) >= 11 is 0. The molecule has 2 N–H and O–H groups in total. The molecule has 0 aliphatic rings. The predicted molar refractivity (Wildman–Crippen MR) is 81.0 cm³/mol. The van der Waals surface area contributed by atoms with E-state index in [9.17, 15) is 22.8 Å². The zero-order valence-electron chi connectivity index (χ0n) is 12.7. The quantitative estimate of drug-likeness (QED) is 0.879.